The third kappa shape index (κ3) is 4.79. The number of halogens is 1. The molecule has 110 valence electrons. The quantitative estimate of drug-likeness (QED) is 0.523. The van der Waals surface area contributed by atoms with Crippen molar-refractivity contribution < 1.29 is 14.5 Å². The molecule has 0 heterocycles. The lowest BCUT2D eigenvalue weighted by atomic mass is 10.0. The third-order valence-electron chi connectivity index (χ3n) is 2.39. The zero-order valence-corrected chi connectivity index (χ0v) is 12.3. The number of benzene rings is 1. The predicted octanol–water partition coefficient (Wildman–Crippen LogP) is 2.46. The summed E-state index contributed by atoms with van der Waals surface area (Å²) >= 11 is 5.72. The maximum Gasteiger partial charge on any atom is 0.323 e. The molecule has 0 fully saturated rings. The van der Waals surface area contributed by atoms with Crippen molar-refractivity contribution in [3.05, 3.63) is 38.9 Å². The van der Waals surface area contributed by atoms with Gasteiger partial charge < -0.3 is 10.5 Å². The summed E-state index contributed by atoms with van der Waals surface area (Å²) in [6.07, 6.45) is 0.0163. The molecule has 1 rings (SSSR count). The predicted molar refractivity (Wildman–Crippen MR) is 75.6 cm³/mol. The van der Waals surface area contributed by atoms with E-state index in [1.807, 2.05) is 0 Å². The number of ether oxygens (including phenoxy) is 1. The molecular weight excluding hydrogens is 284 g/mol. The van der Waals surface area contributed by atoms with Gasteiger partial charge in [-0.3, -0.25) is 14.9 Å². The van der Waals surface area contributed by atoms with E-state index in [-0.39, 0.29) is 17.1 Å². The first-order chi connectivity index (χ1) is 9.10. The number of nitro groups is 1. The molecule has 0 saturated carbocycles. The molecule has 0 aliphatic heterocycles. The van der Waals surface area contributed by atoms with Gasteiger partial charge in [0, 0.05) is 23.1 Å². The summed E-state index contributed by atoms with van der Waals surface area (Å²) in [5, 5.41) is 11.2. The first-order valence-corrected chi connectivity index (χ1v) is 6.39. The van der Waals surface area contributed by atoms with E-state index < -0.39 is 22.5 Å². The molecule has 2 N–H and O–H groups in total. The number of rotatable bonds is 4. The zero-order valence-electron chi connectivity index (χ0n) is 11.6. The fourth-order valence-corrected chi connectivity index (χ4v) is 1.74. The molecular formula is C13H17ClN2O4. The number of carbonyl (C=O) groups excluding carboxylic acids is 1. The largest absolute Gasteiger partial charge is 0.459 e. The van der Waals surface area contributed by atoms with E-state index in [1.54, 1.807) is 20.8 Å². The fraction of sp³-hybridized carbons (Fsp3) is 0.462. The number of nitro benzene ring substituents is 1. The van der Waals surface area contributed by atoms with E-state index in [2.05, 4.69) is 0 Å². The molecule has 0 aromatic heterocycles. The molecule has 1 unspecified atom stereocenters. The van der Waals surface area contributed by atoms with Crippen LogP contribution in [0.1, 0.15) is 26.3 Å². The van der Waals surface area contributed by atoms with Gasteiger partial charge in [0.15, 0.2) is 0 Å². The van der Waals surface area contributed by atoms with Crippen LogP contribution < -0.4 is 5.73 Å². The Hall–Kier alpha value is -1.66. The van der Waals surface area contributed by atoms with Gasteiger partial charge in [0.2, 0.25) is 0 Å². The van der Waals surface area contributed by atoms with E-state index in [4.69, 9.17) is 22.1 Å². The monoisotopic (exact) mass is 300 g/mol. The van der Waals surface area contributed by atoms with Crippen LogP contribution in [-0.2, 0) is 16.0 Å². The molecule has 6 nitrogen and oxygen atoms in total. The van der Waals surface area contributed by atoms with Crippen LogP contribution in [0.5, 0.6) is 0 Å². The highest BCUT2D eigenvalue weighted by molar-refractivity contribution is 6.30. The lowest BCUT2D eigenvalue weighted by Gasteiger charge is -2.22. The van der Waals surface area contributed by atoms with Crippen LogP contribution in [0, 0.1) is 10.1 Å². The van der Waals surface area contributed by atoms with Crippen LogP contribution in [0.25, 0.3) is 0 Å². The summed E-state index contributed by atoms with van der Waals surface area (Å²) in [5.41, 5.74) is 5.27. The highest BCUT2D eigenvalue weighted by Gasteiger charge is 2.25. The highest BCUT2D eigenvalue weighted by Crippen LogP contribution is 2.24. The number of hydrogen-bond donors (Lipinski definition) is 1. The topological polar surface area (TPSA) is 95.5 Å². The second kappa shape index (κ2) is 6.19. The molecule has 1 atom stereocenters. The molecule has 0 spiro atoms. The SMILES string of the molecule is CC(C)(C)OC(=O)C(N)Cc1ccc(Cl)cc1[N+](=O)[O-]. The van der Waals surface area contributed by atoms with E-state index >= 15 is 0 Å². The van der Waals surface area contributed by atoms with Crippen molar-refractivity contribution in [2.24, 2.45) is 5.73 Å². The molecule has 1 aromatic carbocycles. The van der Waals surface area contributed by atoms with Crippen molar-refractivity contribution in [3.8, 4) is 0 Å². The summed E-state index contributed by atoms with van der Waals surface area (Å²) in [7, 11) is 0. The van der Waals surface area contributed by atoms with Gasteiger partial charge in [0.25, 0.3) is 5.69 Å². The number of hydrogen-bond acceptors (Lipinski definition) is 5. The van der Waals surface area contributed by atoms with E-state index in [0.717, 1.165) is 0 Å². The Morgan fingerprint density at radius 1 is 1.50 bits per heavy atom. The van der Waals surface area contributed by atoms with Crippen LogP contribution in [0.15, 0.2) is 18.2 Å². The van der Waals surface area contributed by atoms with Crippen LogP contribution in [0.4, 0.5) is 5.69 Å². The smallest absolute Gasteiger partial charge is 0.323 e. The minimum atomic E-state index is -0.964. The second-order valence-corrected chi connectivity index (χ2v) is 5.81. The van der Waals surface area contributed by atoms with Gasteiger partial charge in [-0.1, -0.05) is 17.7 Å². The Bertz CT molecular complexity index is 526. The normalized spacial score (nSPS) is 12.8. The number of esters is 1. The average Bonchev–Trinajstić information content (AvgIpc) is 2.28. The van der Waals surface area contributed by atoms with Crippen LogP contribution in [0.3, 0.4) is 0 Å². The van der Waals surface area contributed by atoms with Gasteiger partial charge >= 0.3 is 5.97 Å². The minimum Gasteiger partial charge on any atom is -0.459 e. The molecule has 0 aliphatic rings. The Morgan fingerprint density at radius 3 is 2.60 bits per heavy atom. The fourth-order valence-electron chi connectivity index (χ4n) is 1.58. The van der Waals surface area contributed by atoms with Gasteiger partial charge in [-0.15, -0.1) is 0 Å². The Labute approximate surface area is 122 Å². The second-order valence-electron chi connectivity index (χ2n) is 5.37. The van der Waals surface area contributed by atoms with Crippen LogP contribution >= 0.6 is 11.6 Å². The van der Waals surface area contributed by atoms with Crippen LogP contribution in [-0.4, -0.2) is 22.5 Å². The maximum atomic E-state index is 11.8. The van der Waals surface area contributed by atoms with Crippen molar-refractivity contribution in [2.45, 2.75) is 38.8 Å². The molecule has 0 aliphatic carbocycles. The molecule has 0 saturated heterocycles. The van der Waals surface area contributed by atoms with E-state index in [1.165, 1.54) is 18.2 Å². The summed E-state index contributed by atoms with van der Waals surface area (Å²) in [5.74, 6) is -0.596. The van der Waals surface area contributed by atoms with Gasteiger partial charge in [0.1, 0.15) is 11.6 Å². The van der Waals surface area contributed by atoms with Gasteiger partial charge in [-0.2, -0.15) is 0 Å². The summed E-state index contributed by atoms with van der Waals surface area (Å²) in [6.45, 7) is 5.17. The van der Waals surface area contributed by atoms with Crippen molar-refractivity contribution in [2.75, 3.05) is 0 Å². The van der Waals surface area contributed by atoms with Gasteiger partial charge in [0.05, 0.1) is 4.92 Å². The lowest BCUT2D eigenvalue weighted by molar-refractivity contribution is -0.385. The molecule has 1 aromatic rings. The van der Waals surface area contributed by atoms with E-state index in [0.29, 0.717) is 5.56 Å². The summed E-state index contributed by atoms with van der Waals surface area (Å²) in [6, 6.07) is 3.28. The molecule has 0 bridgehead atoms. The highest BCUT2D eigenvalue weighted by atomic mass is 35.5. The minimum absolute atomic E-state index is 0.0163. The first-order valence-electron chi connectivity index (χ1n) is 6.01. The zero-order chi connectivity index (χ0) is 15.5. The molecule has 20 heavy (non-hydrogen) atoms. The van der Waals surface area contributed by atoms with E-state index in [9.17, 15) is 14.9 Å². The summed E-state index contributed by atoms with van der Waals surface area (Å²) in [4.78, 5) is 22.2. The van der Waals surface area contributed by atoms with Gasteiger partial charge in [-0.25, -0.2) is 0 Å². The van der Waals surface area contributed by atoms with Crippen molar-refractivity contribution in [3.63, 3.8) is 0 Å². The molecule has 0 amide bonds. The third-order valence-corrected chi connectivity index (χ3v) is 2.63. The van der Waals surface area contributed by atoms with Crippen molar-refractivity contribution >= 4 is 23.3 Å². The average molecular weight is 301 g/mol. The molecule has 7 heteroatoms. The van der Waals surface area contributed by atoms with Crippen molar-refractivity contribution in [1.29, 1.82) is 0 Å². The summed E-state index contributed by atoms with van der Waals surface area (Å²) < 4.78 is 5.14. The first kappa shape index (κ1) is 16.4. The van der Waals surface area contributed by atoms with Gasteiger partial charge in [-0.05, 0) is 26.8 Å². The Balaban J connectivity index is 2.88. The number of carbonyl (C=O) groups is 1. The standard InChI is InChI=1S/C13H17ClN2O4/c1-13(2,3)20-12(17)10(15)6-8-4-5-9(14)7-11(8)16(18)19/h4-5,7,10H,6,15H2,1-3H3. The van der Waals surface area contributed by atoms with Crippen LogP contribution in [0.2, 0.25) is 5.02 Å². The molecule has 0 radical (unpaired) electrons. The maximum absolute atomic E-state index is 11.8. The Kier molecular flexibility index (Phi) is 5.08. The number of nitrogens with two attached hydrogens (primary N) is 1. The Morgan fingerprint density at radius 2 is 2.10 bits per heavy atom. The lowest BCUT2D eigenvalue weighted by Crippen LogP contribution is -2.38. The number of nitrogens with zero attached hydrogens (tertiary/aromatic N) is 1. The van der Waals surface area contributed by atoms with Crippen molar-refractivity contribution in [1.82, 2.24) is 0 Å².